The monoisotopic (exact) mass is 284 g/mol. The lowest BCUT2D eigenvalue weighted by molar-refractivity contribution is -0.0494. The molecule has 0 fully saturated rings. The topological polar surface area (TPSA) is 34.2 Å². The molecule has 0 radical (unpaired) electrons. The molecule has 1 aromatic heterocycles. The first-order valence-corrected chi connectivity index (χ1v) is 6.60. The van der Waals surface area contributed by atoms with E-state index < -0.39 is 6.61 Å². The van der Waals surface area contributed by atoms with Crippen molar-refractivity contribution in [1.29, 1.82) is 0 Å². The van der Waals surface area contributed by atoms with Gasteiger partial charge in [-0.3, -0.25) is 0 Å². The molecule has 0 saturated heterocycles. The van der Waals surface area contributed by atoms with Gasteiger partial charge in [0.2, 0.25) is 0 Å². The van der Waals surface area contributed by atoms with E-state index in [0.717, 1.165) is 4.88 Å². The van der Waals surface area contributed by atoms with Crippen molar-refractivity contribution in [3.05, 3.63) is 35.3 Å². The zero-order chi connectivity index (χ0) is 13.8. The molecule has 0 aliphatic carbocycles. The summed E-state index contributed by atoms with van der Waals surface area (Å²) in [7, 11) is 1.86. The number of hydrogen-bond acceptors (Lipinski definition) is 4. The second kappa shape index (κ2) is 6.08. The van der Waals surface area contributed by atoms with Crippen molar-refractivity contribution in [2.24, 2.45) is 0 Å². The molecule has 2 rings (SSSR count). The number of nitrogens with one attached hydrogen (secondary N) is 1. The van der Waals surface area contributed by atoms with Gasteiger partial charge in [-0.25, -0.2) is 4.98 Å². The molecular weight excluding hydrogens is 270 g/mol. The van der Waals surface area contributed by atoms with Crippen molar-refractivity contribution in [2.75, 3.05) is 7.05 Å². The molecule has 19 heavy (non-hydrogen) atoms. The highest BCUT2D eigenvalue weighted by molar-refractivity contribution is 7.15. The molecule has 1 unspecified atom stereocenters. The quantitative estimate of drug-likeness (QED) is 0.909. The minimum atomic E-state index is -2.84. The van der Waals surface area contributed by atoms with Crippen LogP contribution in [0.15, 0.2) is 30.5 Å². The third kappa shape index (κ3) is 3.27. The summed E-state index contributed by atoms with van der Waals surface area (Å²) in [6.07, 6.45) is 1.75. The van der Waals surface area contributed by atoms with Crippen molar-refractivity contribution in [1.82, 2.24) is 10.3 Å². The van der Waals surface area contributed by atoms with Gasteiger partial charge < -0.3 is 10.1 Å². The number of para-hydroxylation sites is 1. The highest BCUT2D eigenvalue weighted by Gasteiger charge is 2.15. The Kier molecular flexibility index (Phi) is 4.44. The second-order valence-corrected chi connectivity index (χ2v) is 5.02. The van der Waals surface area contributed by atoms with Crippen LogP contribution < -0.4 is 10.1 Å². The summed E-state index contributed by atoms with van der Waals surface area (Å²) >= 11 is 1.46. The fraction of sp³-hybridized carbons (Fsp3) is 0.308. The molecule has 0 saturated carbocycles. The lowest BCUT2D eigenvalue weighted by atomic mass is 10.2. The number of ether oxygens (including phenoxy) is 1. The first kappa shape index (κ1) is 13.9. The van der Waals surface area contributed by atoms with E-state index in [4.69, 9.17) is 0 Å². The number of nitrogens with zero attached hydrogens (tertiary/aromatic N) is 1. The summed E-state index contributed by atoms with van der Waals surface area (Å²) < 4.78 is 29.2. The summed E-state index contributed by atoms with van der Waals surface area (Å²) in [4.78, 5) is 5.32. The SMILES string of the molecule is CNC(C)c1cnc(-c2ccccc2OC(F)F)s1. The zero-order valence-electron chi connectivity index (χ0n) is 10.6. The maximum absolute atomic E-state index is 12.4. The van der Waals surface area contributed by atoms with E-state index in [-0.39, 0.29) is 11.8 Å². The number of aromatic nitrogens is 1. The summed E-state index contributed by atoms with van der Waals surface area (Å²) in [5, 5.41) is 3.79. The van der Waals surface area contributed by atoms with Crippen molar-refractivity contribution >= 4 is 11.3 Å². The van der Waals surface area contributed by atoms with Gasteiger partial charge >= 0.3 is 6.61 Å². The lowest BCUT2D eigenvalue weighted by Gasteiger charge is -2.08. The number of alkyl halides is 2. The molecule has 0 bridgehead atoms. The Labute approximate surface area is 114 Å². The van der Waals surface area contributed by atoms with Gasteiger partial charge in [0, 0.05) is 17.1 Å². The standard InChI is InChI=1S/C13H14F2N2OS/c1-8(16-2)11-7-17-12(19-11)9-5-3-4-6-10(9)18-13(14)15/h3-8,13,16H,1-2H3. The summed E-state index contributed by atoms with van der Waals surface area (Å²) in [5.74, 6) is 0.149. The van der Waals surface area contributed by atoms with Crippen LogP contribution in [0.2, 0.25) is 0 Å². The molecule has 3 nitrogen and oxygen atoms in total. The van der Waals surface area contributed by atoms with Crippen LogP contribution in [-0.4, -0.2) is 18.6 Å². The molecule has 1 heterocycles. The van der Waals surface area contributed by atoms with Crippen molar-refractivity contribution in [3.63, 3.8) is 0 Å². The number of halogens is 2. The van der Waals surface area contributed by atoms with E-state index in [1.807, 2.05) is 14.0 Å². The van der Waals surface area contributed by atoms with E-state index in [1.165, 1.54) is 17.4 Å². The molecule has 6 heteroatoms. The predicted molar refractivity (Wildman–Crippen MR) is 71.7 cm³/mol. The maximum Gasteiger partial charge on any atom is 0.387 e. The predicted octanol–water partition coefficient (Wildman–Crippen LogP) is 3.69. The Morgan fingerprint density at radius 3 is 2.74 bits per heavy atom. The minimum Gasteiger partial charge on any atom is -0.434 e. The van der Waals surface area contributed by atoms with Gasteiger partial charge in [0.05, 0.1) is 5.56 Å². The molecule has 0 aliphatic rings. The normalized spacial score (nSPS) is 12.7. The smallest absolute Gasteiger partial charge is 0.387 e. The Morgan fingerprint density at radius 1 is 1.32 bits per heavy atom. The summed E-state index contributed by atoms with van der Waals surface area (Å²) in [6, 6.07) is 6.85. The fourth-order valence-electron chi connectivity index (χ4n) is 1.60. The molecular formula is C13H14F2N2OS. The van der Waals surface area contributed by atoms with Crippen LogP contribution in [0.5, 0.6) is 5.75 Å². The van der Waals surface area contributed by atoms with E-state index in [2.05, 4.69) is 15.0 Å². The van der Waals surface area contributed by atoms with Gasteiger partial charge in [0.1, 0.15) is 10.8 Å². The maximum atomic E-state index is 12.4. The van der Waals surface area contributed by atoms with Crippen LogP contribution >= 0.6 is 11.3 Å². The Hall–Kier alpha value is -1.53. The highest BCUT2D eigenvalue weighted by atomic mass is 32.1. The van der Waals surface area contributed by atoms with Gasteiger partial charge in [0.15, 0.2) is 0 Å². The van der Waals surface area contributed by atoms with E-state index >= 15 is 0 Å². The highest BCUT2D eigenvalue weighted by Crippen LogP contribution is 2.35. The fourth-order valence-corrected chi connectivity index (χ4v) is 2.60. The van der Waals surface area contributed by atoms with Crippen LogP contribution in [0.1, 0.15) is 17.8 Å². The number of benzene rings is 1. The van der Waals surface area contributed by atoms with Crippen LogP contribution in [0.3, 0.4) is 0 Å². The van der Waals surface area contributed by atoms with Gasteiger partial charge in [-0.1, -0.05) is 12.1 Å². The first-order valence-electron chi connectivity index (χ1n) is 5.79. The summed E-state index contributed by atoms with van der Waals surface area (Å²) in [6.45, 7) is -0.824. The third-order valence-electron chi connectivity index (χ3n) is 2.72. The average molecular weight is 284 g/mol. The number of hydrogen-bond donors (Lipinski definition) is 1. The Morgan fingerprint density at radius 2 is 2.05 bits per heavy atom. The largest absolute Gasteiger partial charge is 0.434 e. The average Bonchev–Trinajstić information content (AvgIpc) is 2.87. The number of thiazole rings is 1. The second-order valence-electron chi connectivity index (χ2n) is 3.95. The molecule has 0 spiro atoms. The molecule has 0 aliphatic heterocycles. The number of rotatable bonds is 5. The first-order chi connectivity index (χ1) is 9.11. The van der Waals surface area contributed by atoms with Crippen LogP contribution in [0.4, 0.5) is 8.78 Å². The van der Waals surface area contributed by atoms with Gasteiger partial charge in [-0.15, -0.1) is 11.3 Å². The lowest BCUT2D eigenvalue weighted by Crippen LogP contribution is -2.10. The van der Waals surface area contributed by atoms with Gasteiger partial charge in [-0.2, -0.15) is 8.78 Å². The van der Waals surface area contributed by atoms with Gasteiger partial charge in [-0.05, 0) is 26.1 Å². The van der Waals surface area contributed by atoms with E-state index in [1.54, 1.807) is 24.4 Å². The molecule has 0 amide bonds. The van der Waals surface area contributed by atoms with Crippen LogP contribution in [-0.2, 0) is 0 Å². The van der Waals surface area contributed by atoms with Crippen molar-refractivity contribution in [2.45, 2.75) is 19.6 Å². The van der Waals surface area contributed by atoms with E-state index in [0.29, 0.717) is 10.6 Å². The van der Waals surface area contributed by atoms with Gasteiger partial charge in [0.25, 0.3) is 0 Å². The Balaban J connectivity index is 2.33. The van der Waals surface area contributed by atoms with E-state index in [9.17, 15) is 8.78 Å². The summed E-state index contributed by atoms with van der Waals surface area (Å²) in [5.41, 5.74) is 0.586. The Bertz CT molecular complexity index is 545. The van der Waals surface area contributed by atoms with Crippen LogP contribution in [0, 0.1) is 0 Å². The molecule has 1 N–H and O–H groups in total. The minimum absolute atomic E-state index is 0.149. The van der Waals surface area contributed by atoms with Crippen molar-refractivity contribution in [3.8, 4) is 16.3 Å². The molecule has 1 atom stereocenters. The molecule has 1 aromatic carbocycles. The van der Waals surface area contributed by atoms with Crippen molar-refractivity contribution < 1.29 is 13.5 Å². The molecule has 2 aromatic rings. The third-order valence-corrected chi connectivity index (χ3v) is 3.93. The van der Waals surface area contributed by atoms with Crippen LogP contribution in [0.25, 0.3) is 10.6 Å². The zero-order valence-corrected chi connectivity index (χ0v) is 11.4. The molecule has 102 valence electrons.